The number of aliphatic hydroxyl groups excluding tert-OH is 1. The second-order valence-electron chi connectivity index (χ2n) is 6.51. The number of piperidine rings is 1. The first-order valence-electron chi connectivity index (χ1n) is 8.67. The Hall–Kier alpha value is -2.53. The third-order valence-electron chi connectivity index (χ3n) is 4.74. The van der Waals surface area contributed by atoms with E-state index in [2.05, 4.69) is 22.3 Å². The van der Waals surface area contributed by atoms with Gasteiger partial charge in [0.25, 0.3) is 5.91 Å². The number of phenols is 1. The van der Waals surface area contributed by atoms with Crippen molar-refractivity contribution in [3.05, 3.63) is 59.7 Å². The van der Waals surface area contributed by atoms with Gasteiger partial charge in [0.2, 0.25) is 0 Å². The van der Waals surface area contributed by atoms with Crippen molar-refractivity contribution in [3.63, 3.8) is 0 Å². The Balaban J connectivity index is 1.53. The van der Waals surface area contributed by atoms with Crippen LogP contribution in [0.3, 0.4) is 0 Å². The first kappa shape index (κ1) is 17.3. The molecule has 1 amide bonds. The van der Waals surface area contributed by atoms with Crippen LogP contribution in [0, 0.1) is 5.92 Å². The minimum absolute atomic E-state index is 0.0852. The van der Waals surface area contributed by atoms with E-state index in [0.29, 0.717) is 18.0 Å². The number of carbonyl (C=O) groups excluding carboxylic acids is 1. The molecule has 132 valence electrons. The maximum absolute atomic E-state index is 12.1. The van der Waals surface area contributed by atoms with Crippen LogP contribution in [-0.2, 0) is 6.54 Å². The van der Waals surface area contributed by atoms with E-state index < -0.39 is 0 Å². The molecule has 0 radical (unpaired) electrons. The van der Waals surface area contributed by atoms with Gasteiger partial charge in [-0.1, -0.05) is 18.2 Å². The zero-order valence-electron chi connectivity index (χ0n) is 14.2. The van der Waals surface area contributed by atoms with Crippen molar-refractivity contribution in [2.24, 2.45) is 5.92 Å². The number of nitrogens with zero attached hydrogens (tertiary/aromatic N) is 1. The number of nitrogens with one attached hydrogen (secondary N) is 1. The molecule has 5 nitrogen and oxygen atoms in total. The molecular weight excluding hydrogens is 316 g/mol. The summed E-state index contributed by atoms with van der Waals surface area (Å²) in [4.78, 5) is 14.4. The molecule has 25 heavy (non-hydrogen) atoms. The summed E-state index contributed by atoms with van der Waals surface area (Å²) in [7, 11) is 0. The average molecular weight is 340 g/mol. The van der Waals surface area contributed by atoms with Crippen LogP contribution in [0.15, 0.2) is 48.5 Å². The van der Waals surface area contributed by atoms with Gasteiger partial charge in [-0.05, 0) is 54.7 Å². The monoisotopic (exact) mass is 340 g/mol. The molecule has 3 N–H and O–H groups in total. The number of aromatic hydroxyl groups is 1. The summed E-state index contributed by atoms with van der Waals surface area (Å²) in [6.45, 7) is 2.67. The highest BCUT2D eigenvalue weighted by molar-refractivity contribution is 5.94. The Morgan fingerprint density at radius 2 is 1.84 bits per heavy atom. The van der Waals surface area contributed by atoms with E-state index in [-0.39, 0.29) is 18.3 Å². The van der Waals surface area contributed by atoms with Crippen LogP contribution in [0.25, 0.3) is 0 Å². The lowest BCUT2D eigenvalue weighted by Crippen LogP contribution is -2.34. The van der Waals surface area contributed by atoms with Gasteiger partial charge in [-0.25, -0.2) is 0 Å². The molecule has 1 aliphatic heterocycles. The predicted octanol–water partition coefficient (Wildman–Crippen LogP) is 2.53. The molecule has 0 atom stereocenters. The number of aliphatic hydroxyl groups is 1. The summed E-state index contributed by atoms with van der Waals surface area (Å²) in [6, 6.07) is 14.5. The van der Waals surface area contributed by atoms with Gasteiger partial charge in [0.1, 0.15) is 5.75 Å². The van der Waals surface area contributed by atoms with Gasteiger partial charge in [0.15, 0.2) is 0 Å². The fraction of sp³-hybridized carbons (Fsp3) is 0.350. The number of rotatable bonds is 5. The fourth-order valence-corrected chi connectivity index (χ4v) is 3.13. The third kappa shape index (κ3) is 4.51. The van der Waals surface area contributed by atoms with Crippen LogP contribution >= 0.6 is 0 Å². The molecule has 1 saturated heterocycles. The number of hydrogen-bond donors (Lipinski definition) is 3. The number of benzene rings is 2. The van der Waals surface area contributed by atoms with Crippen LogP contribution in [0.2, 0.25) is 0 Å². The minimum Gasteiger partial charge on any atom is -0.508 e. The maximum Gasteiger partial charge on any atom is 0.251 e. The van der Waals surface area contributed by atoms with E-state index in [1.807, 2.05) is 12.1 Å². The number of hydrogen-bond acceptors (Lipinski definition) is 4. The summed E-state index contributed by atoms with van der Waals surface area (Å²) in [5.74, 6) is 0.316. The van der Waals surface area contributed by atoms with Crippen molar-refractivity contribution in [2.45, 2.75) is 19.4 Å². The first-order valence-corrected chi connectivity index (χ1v) is 8.67. The van der Waals surface area contributed by atoms with E-state index in [1.54, 1.807) is 18.2 Å². The van der Waals surface area contributed by atoms with Crippen molar-refractivity contribution in [1.29, 1.82) is 0 Å². The molecule has 0 aromatic heterocycles. The summed E-state index contributed by atoms with van der Waals surface area (Å²) in [5, 5.41) is 21.5. The summed E-state index contributed by atoms with van der Waals surface area (Å²) >= 11 is 0. The minimum atomic E-state index is -0.203. The number of carbonyl (C=O) groups is 1. The lowest BCUT2D eigenvalue weighted by molar-refractivity contribution is 0.0950. The number of amides is 1. The van der Waals surface area contributed by atoms with Crippen molar-refractivity contribution in [3.8, 4) is 5.75 Å². The van der Waals surface area contributed by atoms with Crippen LogP contribution in [0.1, 0.15) is 28.8 Å². The van der Waals surface area contributed by atoms with Gasteiger partial charge >= 0.3 is 0 Å². The van der Waals surface area contributed by atoms with E-state index in [9.17, 15) is 15.0 Å². The Morgan fingerprint density at radius 3 is 2.48 bits per heavy atom. The van der Waals surface area contributed by atoms with Crippen LogP contribution in [0.4, 0.5) is 5.69 Å². The van der Waals surface area contributed by atoms with Gasteiger partial charge in [0, 0.05) is 37.5 Å². The van der Waals surface area contributed by atoms with Gasteiger partial charge in [-0.3, -0.25) is 4.79 Å². The molecule has 0 unspecified atom stereocenters. The molecule has 3 rings (SSSR count). The topological polar surface area (TPSA) is 72.8 Å². The fourth-order valence-electron chi connectivity index (χ4n) is 3.13. The molecule has 1 heterocycles. The lowest BCUT2D eigenvalue weighted by Gasteiger charge is -2.33. The highest BCUT2D eigenvalue weighted by Gasteiger charge is 2.18. The Kier molecular flexibility index (Phi) is 5.56. The highest BCUT2D eigenvalue weighted by atomic mass is 16.3. The zero-order chi connectivity index (χ0) is 17.6. The predicted molar refractivity (Wildman–Crippen MR) is 97.7 cm³/mol. The smallest absolute Gasteiger partial charge is 0.251 e. The standard InChI is InChI=1S/C20H24N2O3/c23-14-16-8-10-22(11-9-16)18-6-4-15(5-7-18)13-21-20(25)17-2-1-3-19(24)12-17/h1-7,12,16,23-24H,8-11,13-14H2,(H,21,25). The molecular formula is C20H24N2O3. The molecule has 2 aromatic carbocycles. The molecule has 1 fully saturated rings. The van der Waals surface area contributed by atoms with E-state index in [0.717, 1.165) is 31.5 Å². The summed E-state index contributed by atoms with van der Waals surface area (Å²) in [6.07, 6.45) is 2.05. The molecule has 1 aliphatic rings. The van der Waals surface area contributed by atoms with E-state index in [4.69, 9.17) is 0 Å². The molecule has 5 heteroatoms. The molecule has 0 spiro atoms. The van der Waals surface area contributed by atoms with Crippen molar-refractivity contribution in [2.75, 3.05) is 24.6 Å². The average Bonchev–Trinajstić information content (AvgIpc) is 2.66. The van der Waals surface area contributed by atoms with Crippen molar-refractivity contribution < 1.29 is 15.0 Å². The zero-order valence-corrected chi connectivity index (χ0v) is 14.2. The Labute approximate surface area is 147 Å². The molecule has 2 aromatic rings. The second-order valence-corrected chi connectivity index (χ2v) is 6.51. The SMILES string of the molecule is O=C(NCc1ccc(N2CCC(CO)CC2)cc1)c1cccc(O)c1. The third-order valence-corrected chi connectivity index (χ3v) is 4.74. The quantitative estimate of drug-likeness (QED) is 0.782. The normalized spacial score (nSPS) is 15.2. The molecule has 0 bridgehead atoms. The van der Waals surface area contributed by atoms with Crippen LogP contribution in [0.5, 0.6) is 5.75 Å². The second kappa shape index (κ2) is 8.03. The van der Waals surface area contributed by atoms with Crippen LogP contribution in [-0.4, -0.2) is 35.8 Å². The first-order chi connectivity index (χ1) is 12.2. The van der Waals surface area contributed by atoms with E-state index in [1.165, 1.54) is 11.8 Å². The van der Waals surface area contributed by atoms with Gasteiger partial charge in [0.05, 0.1) is 0 Å². The molecule has 0 saturated carbocycles. The van der Waals surface area contributed by atoms with Crippen LogP contribution < -0.4 is 10.2 Å². The largest absolute Gasteiger partial charge is 0.508 e. The number of anilines is 1. The van der Waals surface area contributed by atoms with E-state index >= 15 is 0 Å². The molecule has 0 aliphatic carbocycles. The van der Waals surface area contributed by atoms with Crippen molar-refractivity contribution in [1.82, 2.24) is 5.32 Å². The summed E-state index contributed by atoms with van der Waals surface area (Å²) in [5.41, 5.74) is 2.66. The van der Waals surface area contributed by atoms with Gasteiger partial charge in [-0.15, -0.1) is 0 Å². The van der Waals surface area contributed by atoms with Gasteiger partial charge < -0.3 is 20.4 Å². The Bertz CT molecular complexity index is 707. The lowest BCUT2D eigenvalue weighted by atomic mass is 9.97. The highest BCUT2D eigenvalue weighted by Crippen LogP contribution is 2.23. The van der Waals surface area contributed by atoms with Gasteiger partial charge in [-0.2, -0.15) is 0 Å². The number of phenolic OH excluding ortho intramolecular Hbond substituents is 1. The Morgan fingerprint density at radius 1 is 1.12 bits per heavy atom. The van der Waals surface area contributed by atoms with Crippen molar-refractivity contribution >= 4 is 11.6 Å². The maximum atomic E-state index is 12.1. The summed E-state index contributed by atoms with van der Waals surface area (Å²) < 4.78 is 0.